The van der Waals surface area contributed by atoms with Crippen LogP contribution in [0.15, 0.2) is 30.3 Å². The molecule has 98 valence electrons. The molecule has 0 aliphatic heterocycles. The van der Waals surface area contributed by atoms with E-state index in [-0.39, 0.29) is 5.91 Å². The van der Waals surface area contributed by atoms with Crippen LogP contribution in [0.1, 0.15) is 32.8 Å². The third kappa shape index (κ3) is 3.09. The van der Waals surface area contributed by atoms with Crippen LogP contribution in [0.2, 0.25) is 0 Å². The lowest BCUT2D eigenvalue weighted by molar-refractivity contribution is -0.142. The molecule has 0 radical (unpaired) electrons. The van der Waals surface area contributed by atoms with Gasteiger partial charge in [0.05, 0.1) is 5.41 Å². The third-order valence-electron chi connectivity index (χ3n) is 3.07. The fourth-order valence-electron chi connectivity index (χ4n) is 1.66. The number of carboxylic acid groups (broad SMARTS) is 1. The molecule has 1 atom stereocenters. The summed E-state index contributed by atoms with van der Waals surface area (Å²) in [6.07, 6.45) is 0.367. The first-order chi connectivity index (χ1) is 8.39. The van der Waals surface area contributed by atoms with Crippen LogP contribution in [-0.4, -0.2) is 23.0 Å². The van der Waals surface area contributed by atoms with E-state index in [4.69, 9.17) is 5.11 Å². The van der Waals surface area contributed by atoms with Gasteiger partial charge in [0.2, 0.25) is 5.91 Å². The predicted octanol–water partition coefficient (Wildman–Crippen LogP) is 1.94. The second-order valence-electron chi connectivity index (χ2n) is 4.76. The molecule has 4 nitrogen and oxygen atoms in total. The number of carbonyl (C=O) groups excluding carboxylic acids is 1. The molecule has 0 aliphatic rings. The maximum Gasteiger partial charge on any atom is 0.326 e. The molecule has 0 spiro atoms. The van der Waals surface area contributed by atoms with Crippen molar-refractivity contribution in [1.29, 1.82) is 0 Å². The van der Waals surface area contributed by atoms with Gasteiger partial charge >= 0.3 is 5.97 Å². The zero-order valence-corrected chi connectivity index (χ0v) is 10.9. The number of carboxylic acids is 1. The first kappa shape index (κ1) is 14.2. The SMILES string of the molecule is CC[C@H](NC(=O)C(C)(C)c1ccccc1)C(=O)O. The van der Waals surface area contributed by atoms with Gasteiger partial charge in [0, 0.05) is 0 Å². The molecule has 0 saturated heterocycles. The van der Waals surface area contributed by atoms with Crippen LogP contribution in [0.5, 0.6) is 0 Å². The highest BCUT2D eigenvalue weighted by Crippen LogP contribution is 2.23. The Hall–Kier alpha value is -1.84. The minimum atomic E-state index is -1.00. The average Bonchev–Trinajstić information content (AvgIpc) is 2.36. The van der Waals surface area contributed by atoms with E-state index in [1.807, 2.05) is 30.3 Å². The molecule has 0 unspecified atom stereocenters. The summed E-state index contributed by atoms with van der Waals surface area (Å²) in [4.78, 5) is 23.1. The fraction of sp³-hybridized carbons (Fsp3) is 0.429. The summed E-state index contributed by atoms with van der Waals surface area (Å²) in [5.74, 6) is -1.28. The maximum atomic E-state index is 12.2. The molecular weight excluding hydrogens is 230 g/mol. The molecule has 1 aromatic rings. The van der Waals surface area contributed by atoms with E-state index in [1.165, 1.54) is 0 Å². The van der Waals surface area contributed by atoms with Gasteiger partial charge in [-0.1, -0.05) is 37.3 Å². The van der Waals surface area contributed by atoms with Gasteiger partial charge in [-0.3, -0.25) is 4.79 Å². The molecule has 1 aromatic carbocycles. The van der Waals surface area contributed by atoms with E-state index in [1.54, 1.807) is 20.8 Å². The quantitative estimate of drug-likeness (QED) is 0.838. The monoisotopic (exact) mass is 249 g/mol. The Morgan fingerprint density at radius 2 is 1.83 bits per heavy atom. The van der Waals surface area contributed by atoms with Crippen molar-refractivity contribution in [3.8, 4) is 0 Å². The van der Waals surface area contributed by atoms with Gasteiger partial charge in [0.25, 0.3) is 0 Å². The van der Waals surface area contributed by atoms with Crippen molar-refractivity contribution in [3.63, 3.8) is 0 Å². The zero-order valence-electron chi connectivity index (χ0n) is 10.9. The minimum Gasteiger partial charge on any atom is -0.480 e. The van der Waals surface area contributed by atoms with E-state index in [9.17, 15) is 9.59 Å². The van der Waals surface area contributed by atoms with Crippen molar-refractivity contribution in [1.82, 2.24) is 5.32 Å². The Morgan fingerprint density at radius 3 is 2.28 bits per heavy atom. The Morgan fingerprint density at radius 1 is 1.28 bits per heavy atom. The van der Waals surface area contributed by atoms with Crippen molar-refractivity contribution < 1.29 is 14.7 Å². The standard InChI is InChI=1S/C14H19NO3/c1-4-11(12(16)17)15-13(18)14(2,3)10-8-6-5-7-9-10/h5-9,11H,4H2,1-3H3,(H,15,18)(H,16,17)/t11-/m0/s1. The highest BCUT2D eigenvalue weighted by Gasteiger charge is 2.32. The fourth-order valence-corrected chi connectivity index (χ4v) is 1.66. The second kappa shape index (κ2) is 5.67. The van der Waals surface area contributed by atoms with Gasteiger partial charge in [-0.2, -0.15) is 0 Å². The number of aliphatic carboxylic acids is 1. The minimum absolute atomic E-state index is 0.275. The molecular formula is C14H19NO3. The van der Waals surface area contributed by atoms with Gasteiger partial charge < -0.3 is 10.4 Å². The van der Waals surface area contributed by atoms with Crippen LogP contribution in [0.3, 0.4) is 0 Å². The molecule has 0 fully saturated rings. The van der Waals surface area contributed by atoms with E-state index in [2.05, 4.69) is 5.32 Å². The summed E-state index contributed by atoms with van der Waals surface area (Å²) in [5.41, 5.74) is 0.118. The summed E-state index contributed by atoms with van der Waals surface area (Å²) in [7, 11) is 0. The number of benzene rings is 1. The van der Waals surface area contributed by atoms with Gasteiger partial charge in [0.15, 0.2) is 0 Å². The Kier molecular flexibility index (Phi) is 4.48. The number of rotatable bonds is 5. The molecule has 4 heteroatoms. The van der Waals surface area contributed by atoms with Crippen LogP contribution >= 0.6 is 0 Å². The van der Waals surface area contributed by atoms with E-state index < -0.39 is 17.4 Å². The van der Waals surface area contributed by atoms with Crippen LogP contribution in [0.25, 0.3) is 0 Å². The van der Waals surface area contributed by atoms with Crippen molar-refractivity contribution in [2.75, 3.05) is 0 Å². The number of hydrogen-bond donors (Lipinski definition) is 2. The Labute approximate surface area is 107 Å². The van der Waals surface area contributed by atoms with Gasteiger partial charge in [-0.15, -0.1) is 0 Å². The van der Waals surface area contributed by atoms with Crippen molar-refractivity contribution in [3.05, 3.63) is 35.9 Å². The number of nitrogens with one attached hydrogen (secondary N) is 1. The summed E-state index contributed by atoms with van der Waals surface area (Å²) in [6, 6.07) is 8.49. The summed E-state index contributed by atoms with van der Waals surface area (Å²) >= 11 is 0. The topological polar surface area (TPSA) is 66.4 Å². The molecule has 0 aliphatic carbocycles. The van der Waals surface area contributed by atoms with Gasteiger partial charge in [0.1, 0.15) is 6.04 Å². The molecule has 1 rings (SSSR count). The Bertz CT molecular complexity index is 426. The molecule has 0 bridgehead atoms. The zero-order chi connectivity index (χ0) is 13.8. The lowest BCUT2D eigenvalue weighted by Crippen LogP contribution is -2.48. The molecule has 1 amide bonds. The first-order valence-corrected chi connectivity index (χ1v) is 5.99. The normalized spacial score (nSPS) is 12.8. The van der Waals surface area contributed by atoms with Gasteiger partial charge in [-0.05, 0) is 25.8 Å². The summed E-state index contributed by atoms with van der Waals surface area (Å²) < 4.78 is 0. The number of hydrogen-bond acceptors (Lipinski definition) is 2. The third-order valence-corrected chi connectivity index (χ3v) is 3.07. The Balaban J connectivity index is 2.86. The molecule has 0 heterocycles. The number of carbonyl (C=O) groups is 2. The van der Waals surface area contributed by atoms with Crippen LogP contribution in [0, 0.1) is 0 Å². The van der Waals surface area contributed by atoms with Crippen molar-refractivity contribution in [2.24, 2.45) is 0 Å². The molecule has 0 saturated carbocycles. The summed E-state index contributed by atoms with van der Waals surface area (Å²) in [5, 5.41) is 11.5. The van der Waals surface area contributed by atoms with E-state index in [0.717, 1.165) is 5.56 Å². The molecule has 2 N–H and O–H groups in total. The van der Waals surface area contributed by atoms with E-state index >= 15 is 0 Å². The second-order valence-corrected chi connectivity index (χ2v) is 4.76. The highest BCUT2D eigenvalue weighted by molar-refractivity contribution is 5.90. The van der Waals surface area contributed by atoms with Crippen LogP contribution < -0.4 is 5.32 Å². The predicted molar refractivity (Wildman–Crippen MR) is 69.3 cm³/mol. The lowest BCUT2D eigenvalue weighted by atomic mass is 9.83. The van der Waals surface area contributed by atoms with Crippen molar-refractivity contribution in [2.45, 2.75) is 38.6 Å². The highest BCUT2D eigenvalue weighted by atomic mass is 16.4. The molecule has 18 heavy (non-hydrogen) atoms. The lowest BCUT2D eigenvalue weighted by Gasteiger charge is -2.26. The number of amides is 1. The van der Waals surface area contributed by atoms with Crippen LogP contribution in [-0.2, 0) is 15.0 Å². The molecule has 0 aromatic heterocycles. The van der Waals surface area contributed by atoms with Crippen LogP contribution in [0.4, 0.5) is 0 Å². The maximum absolute atomic E-state index is 12.2. The van der Waals surface area contributed by atoms with Gasteiger partial charge in [-0.25, -0.2) is 4.79 Å². The summed E-state index contributed by atoms with van der Waals surface area (Å²) in [6.45, 7) is 5.30. The first-order valence-electron chi connectivity index (χ1n) is 5.99. The van der Waals surface area contributed by atoms with E-state index in [0.29, 0.717) is 6.42 Å². The van der Waals surface area contributed by atoms with Crippen molar-refractivity contribution >= 4 is 11.9 Å². The average molecular weight is 249 g/mol. The largest absolute Gasteiger partial charge is 0.480 e. The smallest absolute Gasteiger partial charge is 0.326 e.